The lowest BCUT2D eigenvalue weighted by Gasteiger charge is -1.74. The minimum atomic E-state index is -0.199. The largest absolute Gasteiger partial charge is 0.515 e. The Labute approximate surface area is 48.1 Å². The molecule has 0 aliphatic carbocycles. The Hall–Kier alpha value is -1.05. The van der Waals surface area contributed by atoms with Gasteiger partial charge in [-0.3, -0.25) is 4.79 Å². The number of hydrogen-bond acceptors (Lipinski definition) is 2. The fraction of sp³-hybridized carbons (Fsp3) is 0.167. The topological polar surface area (TPSA) is 37.3 Å². The van der Waals surface area contributed by atoms with Crippen LogP contribution in [0.25, 0.3) is 0 Å². The van der Waals surface area contributed by atoms with Crippen LogP contribution in [0.1, 0.15) is 6.92 Å². The lowest BCUT2D eigenvalue weighted by molar-refractivity contribution is -0.110. The molecule has 0 saturated carbocycles. The highest BCUT2D eigenvalue weighted by molar-refractivity contribution is 5.98. The quantitative estimate of drug-likeness (QED) is 0.430. The van der Waals surface area contributed by atoms with Crippen molar-refractivity contribution < 1.29 is 9.90 Å². The molecule has 1 N–H and O–H groups in total. The standard InChI is InChI=1S/C6H8O2/c1-2-3-6(8)4-5-7/h2-5,7H,1H3/b3-2+,5-4+. The lowest BCUT2D eigenvalue weighted by Crippen LogP contribution is -1.82. The molecule has 2 heteroatoms. The summed E-state index contributed by atoms with van der Waals surface area (Å²) in [6.45, 7) is 1.74. The summed E-state index contributed by atoms with van der Waals surface area (Å²) in [6.07, 6.45) is 4.79. The van der Waals surface area contributed by atoms with Gasteiger partial charge in [-0.25, -0.2) is 0 Å². The van der Waals surface area contributed by atoms with E-state index in [2.05, 4.69) is 0 Å². The van der Waals surface area contributed by atoms with E-state index in [4.69, 9.17) is 5.11 Å². The van der Waals surface area contributed by atoms with E-state index >= 15 is 0 Å². The van der Waals surface area contributed by atoms with Gasteiger partial charge in [0.2, 0.25) is 0 Å². The Bertz CT molecular complexity index is 108. The highest BCUT2D eigenvalue weighted by atomic mass is 16.2. The molecule has 0 unspecified atom stereocenters. The molecule has 0 aromatic heterocycles. The van der Waals surface area contributed by atoms with Crippen LogP contribution in [-0.4, -0.2) is 10.9 Å². The second kappa shape index (κ2) is 4.12. The van der Waals surface area contributed by atoms with Crippen molar-refractivity contribution in [1.29, 1.82) is 0 Å². The maximum absolute atomic E-state index is 10.3. The van der Waals surface area contributed by atoms with Gasteiger partial charge in [-0.1, -0.05) is 6.08 Å². The maximum atomic E-state index is 10.3. The van der Waals surface area contributed by atoms with Gasteiger partial charge in [-0.15, -0.1) is 0 Å². The SMILES string of the molecule is C/C=C/C(=O)/C=C/O. The smallest absolute Gasteiger partial charge is 0.181 e. The van der Waals surface area contributed by atoms with Crippen molar-refractivity contribution in [3.05, 3.63) is 24.5 Å². The summed E-state index contributed by atoms with van der Waals surface area (Å²) < 4.78 is 0. The first-order valence-corrected chi connectivity index (χ1v) is 2.28. The molecule has 0 saturated heterocycles. The second-order valence-corrected chi connectivity index (χ2v) is 1.22. The van der Waals surface area contributed by atoms with Crippen molar-refractivity contribution in [1.82, 2.24) is 0 Å². The third-order valence-corrected chi connectivity index (χ3v) is 0.570. The highest BCUT2D eigenvalue weighted by Gasteiger charge is 1.82. The summed E-state index contributed by atoms with van der Waals surface area (Å²) in [6, 6.07) is 0. The molecule has 0 bridgehead atoms. The van der Waals surface area contributed by atoms with Crippen LogP contribution in [0, 0.1) is 0 Å². The number of ketones is 1. The van der Waals surface area contributed by atoms with Crippen LogP contribution < -0.4 is 0 Å². The highest BCUT2D eigenvalue weighted by Crippen LogP contribution is 1.76. The van der Waals surface area contributed by atoms with Crippen molar-refractivity contribution >= 4 is 5.78 Å². The zero-order chi connectivity index (χ0) is 6.41. The normalized spacial score (nSPS) is 11.1. The Kier molecular flexibility index (Phi) is 3.58. The van der Waals surface area contributed by atoms with Gasteiger partial charge in [0, 0.05) is 6.08 Å². The minimum absolute atomic E-state index is 0.199. The van der Waals surface area contributed by atoms with Crippen LogP contribution >= 0.6 is 0 Å². The number of carbonyl (C=O) groups is 1. The zero-order valence-electron chi connectivity index (χ0n) is 4.66. The molecule has 44 valence electrons. The Balaban J connectivity index is 3.66. The van der Waals surface area contributed by atoms with Crippen molar-refractivity contribution in [2.24, 2.45) is 0 Å². The second-order valence-electron chi connectivity index (χ2n) is 1.22. The number of rotatable bonds is 2. The summed E-state index contributed by atoms with van der Waals surface area (Å²) in [5.41, 5.74) is 0. The van der Waals surface area contributed by atoms with Gasteiger partial charge >= 0.3 is 0 Å². The van der Waals surface area contributed by atoms with Gasteiger partial charge in [0.05, 0.1) is 6.26 Å². The van der Waals surface area contributed by atoms with E-state index in [1.165, 1.54) is 6.08 Å². The van der Waals surface area contributed by atoms with Crippen LogP contribution in [0.4, 0.5) is 0 Å². The van der Waals surface area contributed by atoms with Gasteiger partial charge in [0.25, 0.3) is 0 Å². The third-order valence-electron chi connectivity index (χ3n) is 0.570. The fourth-order valence-electron chi connectivity index (χ4n) is 0.293. The maximum Gasteiger partial charge on any atom is 0.181 e. The molecule has 0 heterocycles. The predicted octanol–water partition coefficient (Wildman–Crippen LogP) is 1.20. The third kappa shape index (κ3) is 3.15. The molecule has 0 aromatic rings. The number of hydrogen-bond donors (Lipinski definition) is 1. The van der Waals surface area contributed by atoms with E-state index in [0.29, 0.717) is 0 Å². The van der Waals surface area contributed by atoms with Gasteiger partial charge in [0.1, 0.15) is 0 Å². The van der Waals surface area contributed by atoms with Crippen molar-refractivity contribution in [3.63, 3.8) is 0 Å². The van der Waals surface area contributed by atoms with Gasteiger partial charge in [-0.2, -0.15) is 0 Å². The molecule has 0 spiro atoms. The average Bonchev–Trinajstić information content (AvgIpc) is 1.68. The van der Waals surface area contributed by atoms with Gasteiger partial charge in [0.15, 0.2) is 5.78 Å². The summed E-state index contributed by atoms with van der Waals surface area (Å²) in [5, 5.41) is 8.03. The summed E-state index contributed by atoms with van der Waals surface area (Å²) in [7, 11) is 0. The van der Waals surface area contributed by atoms with Crippen molar-refractivity contribution in [2.75, 3.05) is 0 Å². The predicted molar refractivity (Wildman–Crippen MR) is 31.6 cm³/mol. The zero-order valence-corrected chi connectivity index (χ0v) is 4.66. The Morgan fingerprint density at radius 3 is 2.50 bits per heavy atom. The summed E-state index contributed by atoms with van der Waals surface area (Å²) in [4.78, 5) is 10.3. The van der Waals surface area contributed by atoms with E-state index in [0.717, 1.165) is 12.3 Å². The molecular weight excluding hydrogens is 104 g/mol. The van der Waals surface area contributed by atoms with E-state index in [1.807, 2.05) is 0 Å². The van der Waals surface area contributed by atoms with Crippen LogP contribution in [0.3, 0.4) is 0 Å². The number of aliphatic hydroxyl groups is 1. The molecule has 0 aromatic carbocycles. The molecule has 0 aliphatic rings. The van der Waals surface area contributed by atoms with Crippen molar-refractivity contribution in [3.8, 4) is 0 Å². The first-order chi connectivity index (χ1) is 3.81. The van der Waals surface area contributed by atoms with Gasteiger partial charge < -0.3 is 5.11 Å². The molecule has 8 heavy (non-hydrogen) atoms. The number of aliphatic hydroxyl groups excluding tert-OH is 1. The lowest BCUT2D eigenvalue weighted by atomic mass is 10.3. The molecule has 0 amide bonds. The number of carbonyl (C=O) groups excluding carboxylic acids is 1. The minimum Gasteiger partial charge on any atom is -0.515 e. The summed E-state index contributed by atoms with van der Waals surface area (Å²) >= 11 is 0. The van der Waals surface area contributed by atoms with Crippen LogP contribution in [0.15, 0.2) is 24.5 Å². The Morgan fingerprint density at radius 2 is 2.12 bits per heavy atom. The first kappa shape index (κ1) is 6.95. The number of allylic oxidation sites excluding steroid dienone is 3. The van der Waals surface area contributed by atoms with Gasteiger partial charge in [-0.05, 0) is 13.0 Å². The van der Waals surface area contributed by atoms with E-state index in [1.54, 1.807) is 13.0 Å². The van der Waals surface area contributed by atoms with Crippen molar-refractivity contribution in [2.45, 2.75) is 6.92 Å². The fourth-order valence-corrected chi connectivity index (χ4v) is 0.293. The molecule has 2 nitrogen and oxygen atoms in total. The molecule has 0 radical (unpaired) electrons. The van der Waals surface area contributed by atoms with Crippen LogP contribution in [-0.2, 0) is 4.79 Å². The van der Waals surface area contributed by atoms with E-state index in [-0.39, 0.29) is 5.78 Å². The molecule has 0 atom stereocenters. The van der Waals surface area contributed by atoms with Crippen LogP contribution in [0.5, 0.6) is 0 Å². The van der Waals surface area contributed by atoms with E-state index < -0.39 is 0 Å². The molecule has 0 aliphatic heterocycles. The first-order valence-electron chi connectivity index (χ1n) is 2.28. The molecular formula is C6H8O2. The monoisotopic (exact) mass is 112 g/mol. The van der Waals surface area contributed by atoms with Crippen LogP contribution in [0.2, 0.25) is 0 Å². The summed E-state index contributed by atoms with van der Waals surface area (Å²) in [5.74, 6) is -0.199. The average molecular weight is 112 g/mol. The molecule has 0 rings (SSSR count). The Morgan fingerprint density at radius 1 is 1.50 bits per heavy atom. The molecule has 0 fully saturated rings. The van der Waals surface area contributed by atoms with E-state index in [9.17, 15) is 4.79 Å².